The van der Waals surface area contributed by atoms with Crippen molar-refractivity contribution in [3.8, 4) is 0 Å². The Morgan fingerprint density at radius 2 is 2.08 bits per heavy atom. The molecular weight excluding hydrogens is 207 g/mol. The number of rotatable bonds is 1. The monoisotopic (exact) mass is 211 g/mol. The maximum absolute atomic E-state index is 12.0. The van der Waals surface area contributed by atoms with Gasteiger partial charge in [0.2, 0.25) is 0 Å². The molecule has 1 aromatic heterocycles. The van der Waals surface area contributed by atoms with Crippen LogP contribution in [0.4, 0.5) is 13.2 Å². The summed E-state index contributed by atoms with van der Waals surface area (Å²) in [5, 5.41) is 8.45. The van der Waals surface area contributed by atoms with Gasteiger partial charge in [-0.1, -0.05) is 17.7 Å². The molecule has 0 aliphatic heterocycles. The van der Waals surface area contributed by atoms with E-state index in [9.17, 15) is 13.2 Å². The molecular formula is C7H5ClF3NO. The van der Waals surface area contributed by atoms with Crippen LogP contribution >= 0.6 is 11.6 Å². The number of alkyl halides is 3. The van der Waals surface area contributed by atoms with Crippen LogP contribution in [-0.4, -0.2) is 16.3 Å². The summed E-state index contributed by atoms with van der Waals surface area (Å²) in [7, 11) is 0. The van der Waals surface area contributed by atoms with E-state index in [0.29, 0.717) is 0 Å². The number of aromatic nitrogens is 1. The van der Waals surface area contributed by atoms with Gasteiger partial charge in [0.05, 0.1) is 0 Å². The van der Waals surface area contributed by atoms with Gasteiger partial charge < -0.3 is 5.11 Å². The van der Waals surface area contributed by atoms with E-state index < -0.39 is 17.8 Å². The first kappa shape index (κ1) is 10.3. The highest BCUT2D eigenvalue weighted by atomic mass is 35.5. The van der Waals surface area contributed by atoms with Gasteiger partial charge in [0.25, 0.3) is 0 Å². The third kappa shape index (κ3) is 2.32. The minimum Gasteiger partial charge on any atom is -0.379 e. The van der Waals surface area contributed by atoms with Crippen molar-refractivity contribution in [2.75, 3.05) is 0 Å². The molecule has 1 rings (SSSR count). The molecule has 0 radical (unpaired) electrons. The van der Waals surface area contributed by atoms with Gasteiger partial charge >= 0.3 is 6.18 Å². The number of halogens is 4. The molecule has 1 aromatic rings. The summed E-state index contributed by atoms with van der Waals surface area (Å²) in [6.45, 7) is 0. The van der Waals surface area contributed by atoms with E-state index in [1.54, 1.807) is 0 Å². The largest absolute Gasteiger partial charge is 0.418 e. The van der Waals surface area contributed by atoms with Crippen LogP contribution < -0.4 is 0 Å². The van der Waals surface area contributed by atoms with Gasteiger partial charge in [-0.25, -0.2) is 4.98 Å². The predicted octanol–water partition coefficient (Wildman–Crippen LogP) is 2.33. The molecule has 72 valence electrons. The quantitative estimate of drug-likeness (QED) is 0.724. The lowest BCUT2D eigenvalue weighted by atomic mass is 10.1. The number of hydrogen-bond donors (Lipinski definition) is 1. The van der Waals surface area contributed by atoms with Crippen LogP contribution in [0, 0.1) is 0 Å². The van der Waals surface area contributed by atoms with Gasteiger partial charge in [0.15, 0.2) is 6.10 Å². The molecule has 0 bridgehead atoms. The third-order valence-electron chi connectivity index (χ3n) is 1.39. The lowest BCUT2D eigenvalue weighted by Gasteiger charge is -2.14. The summed E-state index contributed by atoms with van der Waals surface area (Å²) in [5.41, 5.74) is -0.434. The van der Waals surface area contributed by atoms with Gasteiger partial charge in [-0.15, -0.1) is 0 Å². The van der Waals surface area contributed by atoms with Crippen molar-refractivity contribution in [1.82, 2.24) is 4.98 Å². The Hall–Kier alpha value is -0.810. The Morgan fingerprint density at radius 1 is 1.46 bits per heavy atom. The number of pyridine rings is 1. The van der Waals surface area contributed by atoms with Crippen molar-refractivity contribution in [3.05, 3.63) is 29.0 Å². The average molecular weight is 212 g/mol. The van der Waals surface area contributed by atoms with Crippen molar-refractivity contribution in [2.24, 2.45) is 0 Å². The number of hydrogen-bond acceptors (Lipinski definition) is 2. The molecule has 13 heavy (non-hydrogen) atoms. The second-order valence-corrected chi connectivity index (χ2v) is 2.69. The van der Waals surface area contributed by atoms with Crippen molar-refractivity contribution in [3.63, 3.8) is 0 Å². The minimum atomic E-state index is -4.72. The molecule has 1 N–H and O–H groups in total. The highest BCUT2D eigenvalue weighted by Crippen LogP contribution is 2.34. The van der Waals surface area contributed by atoms with Gasteiger partial charge in [-0.05, 0) is 6.07 Å². The van der Waals surface area contributed by atoms with E-state index in [1.807, 2.05) is 0 Å². The molecule has 0 spiro atoms. The highest BCUT2D eigenvalue weighted by Gasteiger charge is 2.40. The molecule has 0 amide bonds. The summed E-state index contributed by atoms with van der Waals surface area (Å²) < 4.78 is 35.9. The van der Waals surface area contributed by atoms with Gasteiger partial charge in [0.1, 0.15) is 5.15 Å². The molecule has 1 unspecified atom stereocenters. The maximum Gasteiger partial charge on any atom is 0.418 e. The van der Waals surface area contributed by atoms with Crippen LogP contribution in [-0.2, 0) is 0 Å². The third-order valence-corrected chi connectivity index (χ3v) is 1.71. The lowest BCUT2D eigenvalue weighted by molar-refractivity contribution is -0.206. The van der Waals surface area contributed by atoms with Gasteiger partial charge in [0, 0.05) is 11.8 Å². The van der Waals surface area contributed by atoms with Crippen molar-refractivity contribution in [1.29, 1.82) is 0 Å². The van der Waals surface area contributed by atoms with E-state index in [2.05, 4.69) is 4.98 Å². The minimum absolute atomic E-state index is 0.340. The lowest BCUT2D eigenvalue weighted by Crippen LogP contribution is -2.20. The van der Waals surface area contributed by atoms with Gasteiger partial charge in [-0.2, -0.15) is 13.2 Å². The Labute approximate surface area is 77.0 Å². The van der Waals surface area contributed by atoms with E-state index in [4.69, 9.17) is 16.7 Å². The summed E-state index contributed by atoms with van der Waals surface area (Å²) >= 11 is 5.35. The zero-order chi connectivity index (χ0) is 10.1. The van der Waals surface area contributed by atoms with Crippen LogP contribution in [0.25, 0.3) is 0 Å². The Kier molecular flexibility index (Phi) is 2.77. The summed E-state index contributed by atoms with van der Waals surface area (Å²) in [6.07, 6.45) is -6.05. The molecule has 0 saturated heterocycles. The van der Waals surface area contributed by atoms with Crippen molar-refractivity contribution >= 4 is 11.6 Å². The van der Waals surface area contributed by atoms with Crippen LogP contribution in [0.3, 0.4) is 0 Å². The highest BCUT2D eigenvalue weighted by molar-refractivity contribution is 6.30. The fourth-order valence-corrected chi connectivity index (χ4v) is 1.00. The fraction of sp³-hybridized carbons (Fsp3) is 0.286. The van der Waals surface area contributed by atoms with E-state index in [-0.39, 0.29) is 5.15 Å². The number of nitrogens with zero attached hydrogens (tertiary/aromatic N) is 1. The smallest absolute Gasteiger partial charge is 0.379 e. The first-order valence-corrected chi connectivity index (χ1v) is 3.66. The first-order chi connectivity index (χ1) is 5.93. The molecule has 0 saturated carbocycles. The first-order valence-electron chi connectivity index (χ1n) is 3.28. The van der Waals surface area contributed by atoms with Crippen LogP contribution in [0.15, 0.2) is 18.3 Å². The average Bonchev–Trinajstić information content (AvgIpc) is 2.02. The number of aliphatic hydroxyl groups is 1. The fourth-order valence-electron chi connectivity index (χ4n) is 0.779. The second-order valence-electron chi connectivity index (χ2n) is 2.33. The van der Waals surface area contributed by atoms with Crippen molar-refractivity contribution < 1.29 is 18.3 Å². The topological polar surface area (TPSA) is 33.1 Å². The Morgan fingerprint density at radius 3 is 2.54 bits per heavy atom. The summed E-state index contributed by atoms with van der Waals surface area (Å²) in [4.78, 5) is 3.42. The normalized spacial score (nSPS) is 14.2. The summed E-state index contributed by atoms with van der Waals surface area (Å²) in [6, 6.07) is 2.35. The van der Waals surface area contributed by atoms with Crippen LogP contribution in [0.5, 0.6) is 0 Å². The second kappa shape index (κ2) is 3.51. The van der Waals surface area contributed by atoms with Crippen molar-refractivity contribution in [2.45, 2.75) is 12.3 Å². The number of aliphatic hydroxyl groups excluding tert-OH is 1. The zero-order valence-corrected chi connectivity index (χ0v) is 6.97. The van der Waals surface area contributed by atoms with Gasteiger partial charge in [-0.3, -0.25) is 0 Å². The van der Waals surface area contributed by atoms with E-state index in [1.165, 1.54) is 12.3 Å². The predicted molar refractivity (Wildman–Crippen MR) is 40.3 cm³/mol. The SMILES string of the molecule is OC(c1cccnc1Cl)C(F)(F)F. The molecule has 0 aliphatic rings. The van der Waals surface area contributed by atoms with Crippen LogP contribution in [0.2, 0.25) is 5.15 Å². The van der Waals surface area contributed by atoms with E-state index in [0.717, 1.165) is 6.07 Å². The summed E-state index contributed by atoms with van der Waals surface area (Å²) in [5.74, 6) is 0. The van der Waals surface area contributed by atoms with E-state index >= 15 is 0 Å². The Bertz CT molecular complexity index is 302. The maximum atomic E-state index is 12.0. The molecule has 0 aromatic carbocycles. The molecule has 0 fully saturated rings. The Balaban J connectivity index is 3.02. The molecule has 6 heteroatoms. The van der Waals surface area contributed by atoms with Crippen LogP contribution in [0.1, 0.15) is 11.7 Å². The molecule has 1 heterocycles. The molecule has 1 atom stereocenters. The molecule has 0 aliphatic carbocycles. The zero-order valence-electron chi connectivity index (χ0n) is 6.22. The molecule has 2 nitrogen and oxygen atoms in total. The standard InChI is InChI=1S/C7H5ClF3NO/c8-6-4(2-1-3-12-6)5(13)7(9,10)11/h1-3,5,13H.